The Kier molecular flexibility index (Phi) is 3.12. The van der Waals surface area contributed by atoms with E-state index in [0.29, 0.717) is 17.1 Å². The van der Waals surface area contributed by atoms with Crippen LogP contribution in [0.5, 0.6) is 0 Å². The van der Waals surface area contributed by atoms with E-state index < -0.39 is 0 Å². The molecule has 0 saturated heterocycles. The minimum absolute atomic E-state index is 0.197. The summed E-state index contributed by atoms with van der Waals surface area (Å²) in [5.74, 6) is 0. The fraction of sp³-hybridized carbons (Fsp3) is 0.182. The second kappa shape index (κ2) is 4.55. The van der Waals surface area contributed by atoms with Crippen molar-refractivity contribution in [1.82, 2.24) is 9.78 Å². The number of halogens is 1. The van der Waals surface area contributed by atoms with Crippen molar-refractivity contribution in [2.24, 2.45) is 0 Å². The van der Waals surface area contributed by atoms with E-state index in [-0.39, 0.29) is 12.2 Å². The summed E-state index contributed by atoms with van der Waals surface area (Å²) in [6.07, 6.45) is 1.51. The van der Waals surface area contributed by atoms with E-state index in [1.54, 1.807) is 12.1 Å². The summed E-state index contributed by atoms with van der Waals surface area (Å²) in [7, 11) is 0. The Labute approximate surface area is 97.1 Å². The molecular weight excluding hydrogens is 228 g/mol. The van der Waals surface area contributed by atoms with Crippen LogP contribution in [0.1, 0.15) is 11.1 Å². The molecule has 0 unspecified atom stereocenters. The van der Waals surface area contributed by atoms with Gasteiger partial charge in [0.15, 0.2) is 0 Å². The highest BCUT2D eigenvalue weighted by Gasteiger charge is 2.04. The van der Waals surface area contributed by atoms with Gasteiger partial charge < -0.3 is 10.2 Å². The first-order valence-electron chi connectivity index (χ1n) is 4.83. The molecule has 0 saturated carbocycles. The van der Waals surface area contributed by atoms with Crippen LogP contribution < -0.4 is 5.56 Å². The van der Waals surface area contributed by atoms with E-state index >= 15 is 0 Å². The standard InChI is InChI=1S/C11H11ClN2O2/c12-10-3-1-8(2-4-10)6-14-11(16)9(7-15)5-13-14/h1-5,13,15H,6-7H2. The topological polar surface area (TPSA) is 58.0 Å². The van der Waals surface area contributed by atoms with E-state index in [4.69, 9.17) is 16.7 Å². The van der Waals surface area contributed by atoms with Crippen molar-refractivity contribution in [3.05, 3.63) is 57.0 Å². The van der Waals surface area contributed by atoms with Crippen molar-refractivity contribution in [1.29, 1.82) is 0 Å². The number of nitrogens with zero attached hydrogens (tertiary/aromatic N) is 1. The summed E-state index contributed by atoms with van der Waals surface area (Å²) in [4.78, 5) is 11.6. The number of H-pyrrole nitrogens is 1. The second-order valence-electron chi connectivity index (χ2n) is 3.47. The number of rotatable bonds is 3. The maximum Gasteiger partial charge on any atom is 0.272 e. The highest BCUT2D eigenvalue weighted by molar-refractivity contribution is 6.30. The number of nitrogens with one attached hydrogen (secondary N) is 1. The minimum atomic E-state index is -0.247. The Morgan fingerprint density at radius 3 is 2.56 bits per heavy atom. The Hall–Kier alpha value is -1.52. The van der Waals surface area contributed by atoms with Crippen LogP contribution in [0.25, 0.3) is 0 Å². The molecule has 84 valence electrons. The fourth-order valence-corrected chi connectivity index (χ4v) is 1.58. The monoisotopic (exact) mass is 238 g/mol. The lowest BCUT2D eigenvalue weighted by Gasteiger charge is -2.01. The summed E-state index contributed by atoms with van der Waals surface area (Å²) < 4.78 is 1.44. The van der Waals surface area contributed by atoms with Crippen LogP contribution in [0, 0.1) is 0 Å². The molecule has 0 amide bonds. The van der Waals surface area contributed by atoms with Gasteiger partial charge in [-0.1, -0.05) is 23.7 Å². The molecule has 0 aliphatic carbocycles. The molecule has 1 aromatic carbocycles. The van der Waals surface area contributed by atoms with Crippen LogP contribution in [0.3, 0.4) is 0 Å². The van der Waals surface area contributed by atoms with Crippen molar-refractivity contribution in [2.45, 2.75) is 13.2 Å². The molecule has 0 bridgehead atoms. The first-order valence-corrected chi connectivity index (χ1v) is 5.21. The molecule has 0 atom stereocenters. The molecule has 0 aliphatic heterocycles. The predicted molar refractivity (Wildman–Crippen MR) is 61.5 cm³/mol. The number of aliphatic hydroxyl groups is 1. The van der Waals surface area contributed by atoms with Crippen LogP contribution in [0.4, 0.5) is 0 Å². The highest BCUT2D eigenvalue weighted by Crippen LogP contribution is 2.09. The Morgan fingerprint density at radius 1 is 1.31 bits per heavy atom. The Morgan fingerprint density at radius 2 is 2.00 bits per heavy atom. The molecule has 0 aliphatic rings. The number of hydrogen-bond donors (Lipinski definition) is 2. The maximum atomic E-state index is 11.6. The molecule has 5 heteroatoms. The minimum Gasteiger partial charge on any atom is -0.391 e. The van der Waals surface area contributed by atoms with Crippen molar-refractivity contribution in [3.63, 3.8) is 0 Å². The lowest BCUT2D eigenvalue weighted by Crippen LogP contribution is -2.19. The third-order valence-corrected chi connectivity index (χ3v) is 2.59. The van der Waals surface area contributed by atoms with Crippen LogP contribution in [0.15, 0.2) is 35.3 Å². The molecule has 0 fully saturated rings. The molecular formula is C11H11ClN2O2. The molecule has 0 radical (unpaired) electrons. The number of aromatic amines is 1. The second-order valence-corrected chi connectivity index (χ2v) is 3.91. The Balaban J connectivity index is 2.24. The van der Waals surface area contributed by atoms with Gasteiger partial charge in [-0.3, -0.25) is 4.79 Å². The van der Waals surface area contributed by atoms with Crippen LogP contribution in [0.2, 0.25) is 5.02 Å². The molecule has 2 aromatic rings. The summed E-state index contributed by atoms with van der Waals surface area (Å²) >= 11 is 5.76. The fourth-order valence-electron chi connectivity index (χ4n) is 1.45. The molecule has 2 rings (SSSR count). The zero-order valence-corrected chi connectivity index (χ0v) is 9.24. The largest absolute Gasteiger partial charge is 0.391 e. The molecule has 2 N–H and O–H groups in total. The normalized spacial score (nSPS) is 10.6. The van der Waals surface area contributed by atoms with Crippen LogP contribution in [-0.4, -0.2) is 14.9 Å². The van der Waals surface area contributed by atoms with Crippen molar-refractivity contribution in [3.8, 4) is 0 Å². The van der Waals surface area contributed by atoms with Gasteiger partial charge in [-0.15, -0.1) is 0 Å². The number of aliphatic hydroxyl groups excluding tert-OH is 1. The average Bonchev–Trinajstić information content (AvgIpc) is 2.63. The van der Waals surface area contributed by atoms with Gasteiger partial charge in [0.05, 0.1) is 18.7 Å². The zero-order chi connectivity index (χ0) is 11.5. The van der Waals surface area contributed by atoms with Gasteiger partial charge in [-0.2, -0.15) is 0 Å². The molecule has 0 spiro atoms. The van der Waals surface area contributed by atoms with Crippen molar-refractivity contribution < 1.29 is 5.11 Å². The van der Waals surface area contributed by atoms with E-state index in [0.717, 1.165) is 5.56 Å². The van der Waals surface area contributed by atoms with Gasteiger partial charge in [0.25, 0.3) is 5.56 Å². The van der Waals surface area contributed by atoms with E-state index in [2.05, 4.69) is 5.10 Å². The third kappa shape index (κ3) is 2.18. The number of aromatic nitrogens is 2. The Bertz CT molecular complexity index is 528. The quantitative estimate of drug-likeness (QED) is 0.849. The summed E-state index contributed by atoms with van der Waals surface area (Å²) in [6, 6.07) is 7.26. The average molecular weight is 239 g/mol. The van der Waals surface area contributed by atoms with Crippen molar-refractivity contribution >= 4 is 11.6 Å². The van der Waals surface area contributed by atoms with Gasteiger partial charge in [-0.05, 0) is 17.7 Å². The highest BCUT2D eigenvalue weighted by atomic mass is 35.5. The summed E-state index contributed by atoms with van der Waals surface area (Å²) in [5.41, 5.74) is 1.14. The molecule has 4 nitrogen and oxygen atoms in total. The van der Waals surface area contributed by atoms with Gasteiger partial charge in [0.1, 0.15) is 0 Å². The first kappa shape index (κ1) is 11.0. The first-order chi connectivity index (χ1) is 7.70. The summed E-state index contributed by atoms with van der Waals surface area (Å²) in [6.45, 7) is 0.193. The van der Waals surface area contributed by atoms with E-state index in [9.17, 15) is 4.79 Å². The van der Waals surface area contributed by atoms with Crippen molar-refractivity contribution in [2.75, 3.05) is 0 Å². The maximum absolute atomic E-state index is 11.6. The smallest absolute Gasteiger partial charge is 0.272 e. The van der Waals surface area contributed by atoms with E-state index in [1.807, 2.05) is 12.1 Å². The summed E-state index contributed by atoms with van der Waals surface area (Å²) in [5, 5.41) is 12.3. The molecule has 16 heavy (non-hydrogen) atoms. The number of benzene rings is 1. The lowest BCUT2D eigenvalue weighted by molar-refractivity contribution is 0.280. The van der Waals surface area contributed by atoms with Gasteiger partial charge in [0, 0.05) is 11.2 Å². The van der Waals surface area contributed by atoms with Gasteiger partial charge in [-0.25, -0.2) is 4.68 Å². The lowest BCUT2D eigenvalue weighted by atomic mass is 10.2. The number of hydrogen-bond acceptors (Lipinski definition) is 2. The predicted octanol–water partition coefficient (Wildman–Crippen LogP) is 1.37. The molecule has 1 aromatic heterocycles. The van der Waals surface area contributed by atoms with Crippen LogP contribution in [-0.2, 0) is 13.2 Å². The van der Waals surface area contributed by atoms with E-state index in [1.165, 1.54) is 10.9 Å². The van der Waals surface area contributed by atoms with Gasteiger partial charge in [0.2, 0.25) is 0 Å². The zero-order valence-electron chi connectivity index (χ0n) is 8.48. The van der Waals surface area contributed by atoms with Crippen LogP contribution >= 0.6 is 11.6 Å². The van der Waals surface area contributed by atoms with Gasteiger partial charge >= 0.3 is 0 Å². The molecule has 1 heterocycles. The third-order valence-electron chi connectivity index (χ3n) is 2.34. The SMILES string of the molecule is O=c1c(CO)c[nH]n1Cc1ccc(Cl)cc1.